The van der Waals surface area contributed by atoms with Gasteiger partial charge in [0, 0.05) is 12.8 Å². The maximum Gasteiger partial charge on any atom is 0.324 e. The predicted octanol–water partition coefficient (Wildman–Crippen LogP) is 3.65. The quantitative estimate of drug-likeness (QED) is 0.203. The summed E-state index contributed by atoms with van der Waals surface area (Å²) in [6, 6.07) is 0. The van der Waals surface area contributed by atoms with Gasteiger partial charge >= 0.3 is 11.9 Å². The molecule has 0 atom stereocenters. The fourth-order valence-corrected chi connectivity index (χ4v) is 2.02. The van der Waals surface area contributed by atoms with Crippen molar-refractivity contribution in [2.75, 3.05) is 13.2 Å². The lowest BCUT2D eigenvalue weighted by molar-refractivity contribution is -0.171. The molecule has 0 aromatic rings. The van der Waals surface area contributed by atoms with Crippen LogP contribution in [0.1, 0.15) is 59.3 Å². The highest BCUT2D eigenvalue weighted by atomic mass is 16.6. The number of hydrogen-bond acceptors (Lipinski definition) is 4. The molecule has 0 aromatic carbocycles. The second-order valence-electron chi connectivity index (χ2n) is 5.00. The summed E-state index contributed by atoms with van der Waals surface area (Å²) in [6.45, 7) is 9.60. The second-order valence-corrected chi connectivity index (χ2v) is 5.00. The lowest BCUT2D eigenvalue weighted by Gasteiger charge is -2.26. The molecule has 4 nitrogen and oxygen atoms in total. The molecule has 0 rings (SSSR count). The van der Waals surface area contributed by atoms with E-state index in [1.54, 1.807) is 13.8 Å². The summed E-state index contributed by atoms with van der Waals surface area (Å²) in [5.41, 5.74) is -1.40. The molecule has 124 valence electrons. The summed E-state index contributed by atoms with van der Waals surface area (Å²) < 4.78 is 10.1. The highest BCUT2D eigenvalue weighted by molar-refractivity contribution is 6.00. The van der Waals surface area contributed by atoms with Gasteiger partial charge in [0.1, 0.15) is 0 Å². The molecule has 0 aromatic heterocycles. The third-order valence-corrected chi connectivity index (χ3v) is 3.25. The zero-order valence-corrected chi connectivity index (χ0v) is 14.1. The SMILES string of the molecule is C=CCC(CC#CCCCCC)(C(=O)OCC)C(=O)OCC. The molecule has 0 N–H and O–H groups in total. The lowest BCUT2D eigenvalue weighted by atomic mass is 9.81. The normalized spacial score (nSPS) is 10.3. The van der Waals surface area contributed by atoms with Crippen LogP contribution >= 0.6 is 0 Å². The van der Waals surface area contributed by atoms with Crippen LogP contribution in [0.3, 0.4) is 0 Å². The molecule has 0 spiro atoms. The van der Waals surface area contributed by atoms with E-state index in [9.17, 15) is 9.59 Å². The molecule has 0 aliphatic carbocycles. The average Bonchev–Trinajstić information content (AvgIpc) is 2.50. The van der Waals surface area contributed by atoms with Gasteiger partial charge in [-0.15, -0.1) is 18.4 Å². The first-order valence-corrected chi connectivity index (χ1v) is 8.00. The topological polar surface area (TPSA) is 52.6 Å². The fraction of sp³-hybridized carbons (Fsp3) is 0.667. The Kier molecular flexibility index (Phi) is 10.9. The summed E-state index contributed by atoms with van der Waals surface area (Å²) >= 11 is 0. The van der Waals surface area contributed by atoms with Gasteiger partial charge in [-0.25, -0.2) is 0 Å². The summed E-state index contributed by atoms with van der Waals surface area (Å²) in [5, 5.41) is 0. The second kappa shape index (κ2) is 11.9. The Morgan fingerprint density at radius 3 is 2.09 bits per heavy atom. The molecule has 0 aliphatic heterocycles. The van der Waals surface area contributed by atoms with Gasteiger partial charge in [0.15, 0.2) is 5.41 Å². The number of unbranched alkanes of at least 4 members (excludes halogenated alkanes) is 3. The van der Waals surface area contributed by atoms with Crippen molar-refractivity contribution in [2.24, 2.45) is 5.41 Å². The summed E-state index contributed by atoms with van der Waals surface area (Å²) in [5.74, 6) is 4.80. The van der Waals surface area contributed by atoms with Crippen molar-refractivity contribution >= 4 is 11.9 Å². The van der Waals surface area contributed by atoms with Crippen LogP contribution in [0.2, 0.25) is 0 Å². The average molecular weight is 308 g/mol. The Labute approximate surface area is 134 Å². The first-order valence-electron chi connectivity index (χ1n) is 8.00. The number of esters is 2. The molecule has 0 fully saturated rings. The zero-order chi connectivity index (χ0) is 16.8. The van der Waals surface area contributed by atoms with Gasteiger partial charge in [0.25, 0.3) is 0 Å². The van der Waals surface area contributed by atoms with Crippen LogP contribution in [-0.2, 0) is 19.1 Å². The van der Waals surface area contributed by atoms with E-state index in [0.29, 0.717) is 0 Å². The van der Waals surface area contributed by atoms with Crippen LogP contribution < -0.4 is 0 Å². The number of rotatable bonds is 10. The van der Waals surface area contributed by atoms with Gasteiger partial charge in [0.05, 0.1) is 13.2 Å². The molecule has 0 bridgehead atoms. The lowest BCUT2D eigenvalue weighted by Crippen LogP contribution is -2.41. The molecule has 0 aliphatic rings. The van der Waals surface area contributed by atoms with Crippen LogP contribution in [0.5, 0.6) is 0 Å². The van der Waals surface area contributed by atoms with E-state index in [2.05, 4.69) is 25.3 Å². The molecule has 4 heteroatoms. The van der Waals surface area contributed by atoms with Crippen molar-refractivity contribution < 1.29 is 19.1 Å². The molecular formula is C18H28O4. The van der Waals surface area contributed by atoms with Crippen molar-refractivity contribution in [1.82, 2.24) is 0 Å². The summed E-state index contributed by atoms with van der Waals surface area (Å²) in [6.07, 6.45) is 5.85. The zero-order valence-electron chi connectivity index (χ0n) is 14.1. The van der Waals surface area contributed by atoms with Crippen LogP contribution in [0, 0.1) is 17.3 Å². The van der Waals surface area contributed by atoms with Crippen LogP contribution in [-0.4, -0.2) is 25.2 Å². The summed E-state index contributed by atoms with van der Waals surface area (Å²) in [4.78, 5) is 24.6. The van der Waals surface area contributed by atoms with E-state index in [0.717, 1.165) is 25.7 Å². The minimum Gasteiger partial charge on any atom is -0.465 e. The highest BCUT2D eigenvalue weighted by Crippen LogP contribution is 2.31. The maximum absolute atomic E-state index is 12.3. The fourth-order valence-electron chi connectivity index (χ4n) is 2.02. The van der Waals surface area contributed by atoms with E-state index in [1.807, 2.05) is 0 Å². The molecule has 0 saturated heterocycles. The van der Waals surface area contributed by atoms with E-state index in [4.69, 9.17) is 9.47 Å². The highest BCUT2D eigenvalue weighted by Gasteiger charge is 2.47. The molecule has 0 amide bonds. The van der Waals surface area contributed by atoms with Gasteiger partial charge in [0.2, 0.25) is 0 Å². The Morgan fingerprint density at radius 2 is 1.64 bits per heavy atom. The van der Waals surface area contributed by atoms with Crippen LogP contribution in [0.4, 0.5) is 0 Å². The van der Waals surface area contributed by atoms with Crippen molar-refractivity contribution in [3.8, 4) is 11.8 Å². The first kappa shape index (κ1) is 20.2. The van der Waals surface area contributed by atoms with E-state index in [-0.39, 0.29) is 26.1 Å². The number of hydrogen-bond donors (Lipinski definition) is 0. The van der Waals surface area contributed by atoms with Crippen molar-refractivity contribution in [2.45, 2.75) is 59.3 Å². The molecule has 22 heavy (non-hydrogen) atoms. The van der Waals surface area contributed by atoms with E-state index < -0.39 is 17.4 Å². The Bertz CT molecular complexity index is 397. The third-order valence-electron chi connectivity index (χ3n) is 3.25. The number of carbonyl (C=O) groups excluding carboxylic acids is 2. The minimum absolute atomic E-state index is 0.100. The summed E-state index contributed by atoms with van der Waals surface area (Å²) in [7, 11) is 0. The largest absolute Gasteiger partial charge is 0.465 e. The van der Waals surface area contributed by atoms with Gasteiger partial charge < -0.3 is 9.47 Å². The smallest absolute Gasteiger partial charge is 0.324 e. The van der Waals surface area contributed by atoms with Crippen LogP contribution in [0.25, 0.3) is 0 Å². The molecule has 0 saturated carbocycles. The van der Waals surface area contributed by atoms with Crippen molar-refractivity contribution in [3.63, 3.8) is 0 Å². The monoisotopic (exact) mass is 308 g/mol. The third kappa shape index (κ3) is 6.34. The number of ether oxygens (including phenoxy) is 2. The van der Waals surface area contributed by atoms with Gasteiger partial charge in [-0.3, -0.25) is 9.59 Å². The minimum atomic E-state index is -1.40. The standard InChI is InChI=1S/C18H28O4/c1-5-9-10-11-12-13-15-18(14-6-2,16(19)21-7-3)17(20)22-8-4/h6H,2,5,7-11,14-15H2,1,3-4H3. The van der Waals surface area contributed by atoms with E-state index >= 15 is 0 Å². The number of carbonyl (C=O) groups is 2. The molecule has 0 unspecified atom stereocenters. The van der Waals surface area contributed by atoms with Gasteiger partial charge in [-0.1, -0.05) is 25.8 Å². The van der Waals surface area contributed by atoms with Crippen molar-refractivity contribution in [3.05, 3.63) is 12.7 Å². The Balaban J connectivity index is 5.13. The molecule has 0 heterocycles. The Hall–Kier alpha value is -1.76. The molecule has 0 radical (unpaired) electrons. The maximum atomic E-state index is 12.3. The predicted molar refractivity (Wildman–Crippen MR) is 87.0 cm³/mol. The first-order chi connectivity index (χ1) is 10.6. The number of allylic oxidation sites excluding steroid dienone is 1. The van der Waals surface area contributed by atoms with Crippen molar-refractivity contribution in [1.29, 1.82) is 0 Å². The van der Waals surface area contributed by atoms with E-state index in [1.165, 1.54) is 6.08 Å². The molecular weight excluding hydrogens is 280 g/mol. The van der Waals surface area contributed by atoms with Gasteiger partial charge in [-0.2, -0.15) is 0 Å². The van der Waals surface area contributed by atoms with Gasteiger partial charge in [-0.05, 0) is 26.7 Å². The Morgan fingerprint density at radius 1 is 1.05 bits per heavy atom. The van der Waals surface area contributed by atoms with Crippen LogP contribution in [0.15, 0.2) is 12.7 Å².